The lowest BCUT2D eigenvalue weighted by molar-refractivity contribution is 0.0721. The lowest BCUT2D eigenvalue weighted by atomic mass is 10.2. The normalized spacial score (nSPS) is 15.2. The molecule has 1 saturated heterocycles. The third kappa shape index (κ3) is 3.74. The molecule has 4 nitrogen and oxygen atoms in total. The van der Waals surface area contributed by atoms with Gasteiger partial charge < -0.3 is 9.80 Å². The highest BCUT2D eigenvalue weighted by atomic mass is 35.5. The molecule has 2 amide bonds. The smallest absolute Gasteiger partial charge is 0.263 e. The minimum Gasteiger partial charge on any atom is -0.337 e. The Morgan fingerprint density at radius 2 is 1.62 bits per heavy atom. The van der Waals surface area contributed by atoms with Gasteiger partial charge in [0.1, 0.15) is 0 Å². The fourth-order valence-electron chi connectivity index (χ4n) is 2.69. The highest BCUT2D eigenvalue weighted by molar-refractivity contribution is 7.12. The van der Waals surface area contributed by atoms with Crippen LogP contribution in [0.3, 0.4) is 0 Å². The van der Waals surface area contributed by atoms with Crippen molar-refractivity contribution in [2.24, 2.45) is 0 Å². The summed E-state index contributed by atoms with van der Waals surface area (Å²) in [5.74, 6) is -0.0483. The van der Waals surface area contributed by atoms with Crippen molar-refractivity contribution in [3.05, 3.63) is 56.2 Å². The molecule has 0 N–H and O–H groups in total. The van der Waals surface area contributed by atoms with Crippen molar-refractivity contribution in [1.29, 1.82) is 0 Å². The summed E-state index contributed by atoms with van der Waals surface area (Å²) in [6.45, 7) is 2.31. The molecule has 0 aliphatic carbocycles. The fraction of sp³-hybridized carbons (Fsp3) is 0.294. The van der Waals surface area contributed by atoms with Gasteiger partial charge in [-0.3, -0.25) is 9.59 Å². The average Bonchev–Trinajstić information content (AvgIpc) is 3.00. The zero-order chi connectivity index (χ0) is 17.1. The van der Waals surface area contributed by atoms with Gasteiger partial charge in [-0.15, -0.1) is 11.3 Å². The van der Waals surface area contributed by atoms with E-state index in [0.717, 1.165) is 11.3 Å². The molecular weight excluding hydrogens is 367 g/mol. The van der Waals surface area contributed by atoms with Crippen LogP contribution in [0.5, 0.6) is 0 Å². The molecule has 1 aromatic heterocycles. The Bertz CT molecular complexity index is 749. The number of nitrogens with zero attached hydrogens (tertiary/aromatic N) is 2. The number of carbonyl (C=O) groups excluding carboxylic acids is 2. The molecule has 24 heavy (non-hydrogen) atoms. The van der Waals surface area contributed by atoms with Crippen molar-refractivity contribution in [1.82, 2.24) is 9.80 Å². The van der Waals surface area contributed by atoms with Gasteiger partial charge in [0.05, 0.1) is 14.9 Å². The van der Waals surface area contributed by atoms with Crippen molar-refractivity contribution in [2.75, 3.05) is 26.2 Å². The number of benzene rings is 1. The van der Waals surface area contributed by atoms with E-state index < -0.39 is 0 Å². The highest BCUT2D eigenvalue weighted by Gasteiger charge is 2.24. The molecular formula is C17H16Cl2N2O2S. The number of hydrogen-bond donors (Lipinski definition) is 0. The first-order valence-corrected chi connectivity index (χ1v) is 9.27. The zero-order valence-electron chi connectivity index (χ0n) is 12.9. The summed E-state index contributed by atoms with van der Waals surface area (Å²) < 4.78 is 0. The van der Waals surface area contributed by atoms with Crippen LogP contribution >= 0.6 is 34.5 Å². The van der Waals surface area contributed by atoms with Gasteiger partial charge in [-0.2, -0.15) is 0 Å². The third-order valence-electron chi connectivity index (χ3n) is 3.97. The second-order valence-electron chi connectivity index (χ2n) is 5.54. The lowest BCUT2D eigenvalue weighted by Gasteiger charge is -2.22. The van der Waals surface area contributed by atoms with Crippen LogP contribution < -0.4 is 0 Å². The first kappa shape index (κ1) is 17.3. The van der Waals surface area contributed by atoms with Crippen LogP contribution in [0.4, 0.5) is 0 Å². The van der Waals surface area contributed by atoms with Gasteiger partial charge in [0.2, 0.25) is 0 Å². The van der Waals surface area contributed by atoms with Gasteiger partial charge in [-0.25, -0.2) is 0 Å². The number of hydrogen-bond acceptors (Lipinski definition) is 3. The number of rotatable bonds is 2. The largest absolute Gasteiger partial charge is 0.337 e. The van der Waals surface area contributed by atoms with Crippen LogP contribution in [-0.2, 0) is 0 Å². The number of amides is 2. The lowest BCUT2D eigenvalue weighted by Crippen LogP contribution is -2.37. The molecule has 0 spiro atoms. The molecule has 0 radical (unpaired) electrons. The van der Waals surface area contributed by atoms with Crippen LogP contribution in [0.15, 0.2) is 35.7 Å². The number of halogens is 2. The summed E-state index contributed by atoms with van der Waals surface area (Å²) in [6, 6.07) is 8.59. The molecule has 0 atom stereocenters. The highest BCUT2D eigenvalue weighted by Crippen LogP contribution is 2.23. The van der Waals surface area contributed by atoms with Crippen molar-refractivity contribution < 1.29 is 9.59 Å². The molecule has 126 valence electrons. The summed E-state index contributed by atoms with van der Waals surface area (Å²) in [5, 5.41) is 2.69. The zero-order valence-corrected chi connectivity index (χ0v) is 15.2. The van der Waals surface area contributed by atoms with E-state index >= 15 is 0 Å². The molecule has 2 aromatic rings. The molecule has 2 heterocycles. The topological polar surface area (TPSA) is 40.6 Å². The summed E-state index contributed by atoms with van der Waals surface area (Å²) in [4.78, 5) is 29.4. The first-order chi connectivity index (χ1) is 11.6. The summed E-state index contributed by atoms with van der Waals surface area (Å²) >= 11 is 13.3. The Morgan fingerprint density at radius 3 is 2.25 bits per heavy atom. The van der Waals surface area contributed by atoms with Crippen molar-refractivity contribution >= 4 is 46.4 Å². The molecule has 0 saturated carbocycles. The van der Waals surface area contributed by atoms with Gasteiger partial charge in [-0.1, -0.05) is 29.3 Å². The van der Waals surface area contributed by atoms with Gasteiger partial charge in [0.15, 0.2) is 0 Å². The second-order valence-corrected chi connectivity index (χ2v) is 7.31. The van der Waals surface area contributed by atoms with Crippen molar-refractivity contribution in [3.63, 3.8) is 0 Å². The summed E-state index contributed by atoms with van der Waals surface area (Å²) in [5.41, 5.74) is 0.516. The maximum atomic E-state index is 12.6. The summed E-state index contributed by atoms with van der Waals surface area (Å²) in [6.07, 6.45) is 0.754. The number of thiophene rings is 1. The van der Waals surface area contributed by atoms with Crippen molar-refractivity contribution in [3.8, 4) is 0 Å². The van der Waals surface area contributed by atoms with Crippen LogP contribution in [0, 0.1) is 0 Å². The van der Waals surface area contributed by atoms with Crippen molar-refractivity contribution in [2.45, 2.75) is 6.42 Å². The second kappa shape index (κ2) is 7.55. The summed E-state index contributed by atoms with van der Waals surface area (Å²) in [7, 11) is 0. The van der Waals surface area contributed by atoms with E-state index in [0.29, 0.717) is 41.8 Å². The van der Waals surface area contributed by atoms with Gasteiger partial charge >= 0.3 is 0 Å². The number of carbonyl (C=O) groups is 2. The monoisotopic (exact) mass is 382 g/mol. The van der Waals surface area contributed by atoms with Crippen LogP contribution in [0.1, 0.15) is 26.5 Å². The molecule has 7 heteroatoms. The van der Waals surface area contributed by atoms with E-state index in [2.05, 4.69) is 0 Å². The molecule has 1 aliphatic rings. The van der Waals surface area contributed by atoms with Gasteiger partial charge in [0.25, 0.3) is 11.8 Å². The maximum absolute atomic E-state index is 12.6. The van der Waals surface area contributed by atoms with Gasteiger partial charge in [-0.05, 0) is 36.1 Å². The Hall–Kier alpha value is -1.56. The average molecular weight is 383 g/mol. The molecule has 1 fully saturated rings. The molecule has 0 bridgehead atoms. The Balaban J connectivity index is 1.67. The Kier molecular flexibility index (Phi) is 5.43. The van der Waals surface area contributed by atoms with E-state index in [1.807, 2.05) is 22.4 Å². The van der Waals surface area contributed by atoms with E-state index in [9.17, 15) is 9.59 Å². The SMILES string of the molecule is O=C(c1ccc(Cl)c(Cl)c1)N1CCCN(C(=O)c2cccs2)CC1. The minimum absolute atomic E-state index is 0.0360. The standard InChI is InChI=1S/C17H16Cl2N2O2S/c18-13-5-4-12(11-14(13)19)16(22)20-6-2-7-21(9-8-20)17(23)15-3-1-10-24-15/h1,3-5,10-11H,2,6-9H2. The molecule has 1 aliphatic heterocycles. The maximum Gasteiger partial charge on any atom is 0.263 e. The van der Waals surface area contributed by atoms with Crippen LogP contribution in [-0.4, -0.2) is 47.8 Å². The van der Waals surface area contributed by atoms with Crippen LogP contribution in [0.25, 0.3) is 0 Å². The third-order valence-corrected chi connectivity index (χ3v) is 5.57. The molecule has 3 rings (SSSR count). The molecule has 1 aromatic carbocycles. The Labute approximate surface area is 154 Å². The Morgan fingerprint density at radius 1 is 0.917 bits per heavy atom. The molecule has 0 unspecified atom stereocenters. The van der Waals surface area contributed by atoms with Gasteiger partial charge in [0, 0.05) is 31.7 Å². The van der Waals surface area contributed by atoms with E-state index in [4.69, 9.17) is 23.2 Å². The van der Waals surface area contributed by atoms with E-state index in [-0.39, 0.29) is 11.8 Å². The fourth-order valence-corrected chi connectivity index (χ4v) is 3.68. The quantitative estimate of drug-likeness (QED) is 0.785. The van der Waals surface area contributed by atoms with E-state index in [1.54, 1.807) is 23.1 Å². The first-order valence-electron chi connectivity index (χ1n) is 7.63. The minimum atomic E-state index is -0.0843. The van der Waals surface area contributed by atoms with E-state index in [1.165, 1.54) is 11.3 Å². The predicted octanol–water partition coefficient (Wildman–Crippen LogP) is 4.04. The van der Waals surface area contributed by atoms with Crippen LogP contribution in [0.2, 0.25) is 10.0 Å². The predicted molar refractivity (Wildman–Crippen MR) is 97.2 cm³/mol.